The van der Waals surface area contributed by atoms with Crippen molar-refractivity contribution >= 4 is 11.3 Å². The first-order valence-corrected chi connectivity index (χ1v) is 6.15. The van der Waals surface area contributed by atoms with Crippen LogP contribution in [0.2, 0.25) is 0 Å². The maximum atomic E-state index is 12.5. The van der Waals surface area contributed by atoms with Gasteiger partial charge in [0.2, 0.25) is 0 Å². The third-order valence-electron chi connectivity index (χ3n) is 2.45. The molecule has 8 heteroatoms. The maximum Gasteiger partial charge on any atom is 0.443 e. The van der Waals surface area contributed by atoms with Crippen LogP contribution in [0.25, 0.3) is 0 Å². The van der Waals surface area contributed by atoms with E-state index in [0.29, 0.717) is 21.9 Å². The molecule has 4 nitrogen and oxygen atoms in total. The molecule has 0 aliphatic rings. The van der Waals surface area contributed by atoms with Gasteiger partial charge in [-0.15, -0.1) is 11.3 Å². The van der Waals surface area contributed by atoms with Gasteiger partial charge in [0, 0.05) is 17.3 Å². The summed E-state index contributed by atoms with van der Waals surface area (Å²) in [5.74, 6) is 5.41. The first-order valence-electron chi connectivity index (χ1n) is 5.33. The van der Waals surface area contributed by atoms with Crippen LogP contribution in [0, 0.1) is 6.92 Å². The molecule has 0 aromatic carbocycles. The average Bonchev–Trinajstić information content (AvgIpc) is 2.79. The predicted octanol–water partition coefficient (Wildman–Crippen LogP) is 2.42. The normalized spacial score (nSPS) is 13.5. The first-order chi connectivity index (χ1) is 8.91. The number of thiazole rings is 1. The zero-order chi connectivity index (χ0) is 14.0. The van der Waals surface area contributed by atoms with Gasteiger partial charge in [0.1, 0.15) is 0 Å². The second kappa shape index (κ2) is 5.24. The Morgan fingerprint density at radius 2 is 2.11 bits per heavy atom. The Labute approximate surface area is 111 Å². The van der Waals surface area contributed by atoms with Crippen molar-refractivity contribution in [2.45, 2.75) is 19.1 Å². The highest BCUT2D eigenvalue weighted by Crippen LogP contribution is 2.35. The molecule has 19 heavy (non-hydrogen) atoms. The number of alkyl halides is 3. The van der Waals surface area contributed by atoms with Crippen LogP contribution < -0.4 is 11.3 Å². The number of aromatic nitrogens is 2. The summed E-state index contributed by atoms with van der Waals surface area (Å²) in [6.45, 7) is 1.87. The summed E-state index contributed by atoms with van der Waals surface area (Å²) in [5, 5.41) is -0.893. The number of nitrogens with zero attached hydrogens (tertiary/aromatic N) is 2. The zero-order valence-electron chi connectivity index (χ0n) is 9.90. The molecule has 2 aromatic heterocycles. The van der Waals surface area contributed by atoms with Crippen molar-refractivity contribution in [2.24, 2.45) is 5.84 Å². The van der Waals surface area contributed by atoms with E-state index in [1.54, 1.807) is 18.3 Å². The molecule has 3 N–H and O–H groups in total. The minimum atomic E-state index is -4.44. The lowest BCUT2D eigenvalue weighted by Crippen LogP contribution is -2.28. The smallest absolute Gasteiger partial charge is 0.270 e. The van der Waals surface area contributed by atoms with Gasteiger partial charge in [-0.2, -0.15) is 13.2 Å². The molecule has 2 rings (SSSR count). The van der Waals surface area contributed by atoms with E-state index in [-0.39, 0.29) is 0 Å². The fourth-order valence-electron chi connectivity index (χ4n) is 1.58. The summed E-state index contributed by atoms with van der Waals surface area (Å²) >= 11 is 0.555. The van der Waals surface area contributed by atoms with E-state index in [1.807, 2.05) is 6.92 Å². The molecular weight excluding hydrogens is 277 g/mol. The molecule has 2 aromatic rings. The minimum Gasteiger partial charge on any atom is -0.270 e. The first kappa shape index (κ1) is 13.9. The highest BCUT2D eigenvalue weighted by Gasteiger charge is 2.35. The fraction of sp³-hybridized carbons (Fsp3) is 0.273. The van der Waals surface area contributed by atoms with Crippen LogP contribution >= 0.6 is 11.3 Å². The number of pyridine rings is 1. The summed E-state index contributed by atoms with van der Waals surface area (Å²) in [7, 11) is 0. The summed E-state index contributed by atoms with van der Waals surface area (Å²) in [5.41, 5.74) is 3.97. The van der Waals surface area contributed by atoms with E-state index in [0.717, 1.165) is 5.56 Å². The molecule has 0 saturated carbocycles. The maximum absolute atomic E-state index is 12.5. The number of nitrogens with two attached hydrogens (primary N) is 1. The van der Waals surface area contributed by atoms with Crippen molar-refractivity contribution in [3.63, 3.8) is 0 Å². The lowest BCUT2D eigenvalue weighted by Gasteiger charge is -2.13. The van der Waals surface area contributed by atoms with E-state index in [1.165, 1.54) is 6.20 Å². The summed E-state index contributed by atoms with van der Waals surface area (Å²) in [4.78, 5) is 7.86. The number of hydrogen-bond donors (Lipinski definition) is 2. The van der Waals surface area contributed by atoms with Crippen molar-refractivity contribution in [1.82, 2.24) is 15.4 Å². The molecule has 1 unspecified atom stereocenters. The Kier molecular flexibility index (Phi) is 3.83. The Hall–Kier alpha value is -1.51. The van der Waals surface area contributed by atoms with Gasteiger partial charge >= 0.3 is 6.18 Å². The Balaban J connectivity index is 2.35. The van der Waals surface area contributed by atoms with Crippen molar-refractivity contribution in [2.75, 3.05) is 0 Å². The van der Waals surface area contributed by atoms with Crippen LogP contribution in [0.4, 0.5) is 13.2 Å². The second-order valence-corrected chi connectivity index (χ2v) is 4.99. The van der Waals surface area contributed by atoms with Crippen molar-refractivity contribution < 1.29 is 13.2 Å². The highest BCUT2D eigenvalue weighted by atomic mass is 32.1. The van der Waals surface area contributed by atoms with Crippen LogP contribution in [-0.2, 0) is 6.18 Å². The molecule has 102 valence electrons. The van der Waals surface area contributed by atoms with Crippen molar-refractivity contribution in [3.8, 4) is 0 Å². The van der Waals surface area contributed by atoms with E-state index >= 15 is 0 Å². The second-order valence-electron chi connectivity index (χ2n) is 3.92. The summed E-state index contributed by atoms with van der Waals surface area (Å²) in [6, 6.07) is 2.95. The van der Waals surface area contributed by atoms with Gasteiger partial charge in [0.25, 0.3) is 0 Å². The van der Waals surface area contributed by atoms with Crippen LogP contribution in [0.15, 0.2) is 24.5 Å². The van der Waals surface area contributed by atoms with E-state index in [9.17, 15) is 13.2 Å². The fourth-order valence-corrected chi connectivity index (χ4v) is 2.44. The minimum absolute atomic E-state index is 0.368. The number of aryl methyl sites for hydroxylation is 1. The van der Waals surface area contributed by atoms with Gasteiger partial charge < -0.3 is 0 Å². The largest absolute Gasteiger partial charge is 0.443 e. The Morgan fingerprint density at radius 3 is 2.63 bits per heavy atom. The number of hydrogen-bond acceptors (Lipinski definition) is 5. The van der Waals surface area contributed by atoms with Crippen LogP contribution in [0.5, 0.6) is 0 Å². The zero-order valence-corrected chi connectivity index (χ0v) is 10.7. The van der Waals surface area contributed by atoms with Gasteiger partial charge in [0.15, 0.2) is 5.01 Å². The molecule has 0 amide bonds. The Bertz CT molecular complexity index is 567. The lowest BCUT2D eigenvalue weighted by atomic mass is 10.1. The highest BCUT2D eigenvalue weighted by molar-refractivity contribution is 7.11. The van der Waals surface area contributed by atoms with Crippen LogP contribution in [-0.4, -0.2) is 9.97 Å². The number of halogens is 3. The molecular formula is C11H11F3N4S. The summed E-state index contributed by atoms with van der Waals surface area (Å²) < 4.78 is 37.5. The molecule has 0 aliphatic carbocycles. The van der Waals surface area contributed by atoms with Crippen molar-refractivity contribution in [3.05, 3.63) is 45.7 Å². The molecule has 0 radical (unpaired) electrons. The van der Waals surface area contributed by atoms with E-state index in [4.69, 9.17) is 5.84 Å². The van der Waals surface area contributed by atoms with Gasteiger partial charge in [0.05, 0.1) is 11.7 Å². The van der Waals surface area contributed by atoms with E-state index in [2.05, 4.69) is 15.4 Å². The van der Waals surface area contributed by atoms with Gasteiger partial charge in [-0.05, 0) is 24.6 Å². The molecule has 0 bridgehead atoms. The number of nitrogens with one attached hydrogen (secondary N) is 1. The van der Waals surface area contributed by atoms with Crippen LogP contribution in [0.3, 0.4) is 0 Å². The Morgan fingerprint density at radius 1 is 1.37 bits per heavy atom. The molecule has 0 aliphatic heterocycles. The number of rotatable bonds is 3. The molecule has 1 atom stereocenters. The predicted molar refractivity (Wildman–Crippen MR) is 65.3 cm³/mol. The van der Waals surface area contributed by atoms with Gasteiger partial charge in [-0.1, -0.05) is 0 Å². The topological polar surface area (TPSA) is 63.8 Å². The lowest BCUT2D eigenvalue weighted by molar-refractivity contribution is -0.137. The van der Waals surface area contributed by atoms with Crippen LogP contribution in [0.1, 0.15) is 27.2 Å². The third kappa shape index (κ3) is 3.09. The molecule has 0 spiro atoms. The van der Waals surface area contributed by atoms with E-state index < -0.39 is 17.2 Å². The molecule has 2 heterocycles. The quantitative estimate of drug-likeness (QED) is 0.672. The third-order valence-corrected chi connectivity index (χ3v) is 3.56. The van der Waals surface area contributed by atoms with Gasteiger partial charge in [-0.3, -0.25) is 10.8 Å². The molecule has 0 saturated heterocycles. The van der Waals surface area contributed by atoms with Gasteiger partial charge in [-0.25, -0.2) is 10.4 Å². The monoisotopic (exact) mass is 288 g/mol. The standard InChI is InChI=1S/C11H11F3N4S/c1-6-2-3-16-7(4-6)9(18-15)8-5-17-10(19-8)11(12,13)14/h2-5,9,18H,15H2,1H3. The van der Waals surface area contributed by atoms with Crippen molar-refractivity contribution in [1.29, 1.82) is 0 Å². The molecule has 0 fully saturated rings. The average molecular weight is 288 g/mol. The number of hydrazine groups is 1. The summed E-state index contributed by atoms with van der Waals surface area (Å²) in [6.07, 6.45) is -1.69. The SMILES string of the molecule is Cc1ccnc(C(NN)c2cnc(C(F)(F)F)s2)c1.